The molecule has 0 bridgehead atoms. The third-order valence-electron chi connectivity index (χ3n) is 3.81. The fourth-order valence-corrected chi connectivity index (χ4v) is 2.65. The van der Waals surface area contributed by atoms with Crippen LogP contribution in [0, 0.1) is 0 Å². The highest BCUT2D eigenvalue weighted by molar-refractivity contribution is 5.96. The molecule has 7 nitrogen and oxygen atoms in total. The van der Waals surface area contributed by atoms with Gasteiger partial charge >= 0.3 is 0 Å². The van der Waals surface area contributed by atoms with Crippen LogP contribution in [0.25, 0.3) is 11.6 Å². The van der Waals surface area contributed by atoms with E-state index in [0.29, 0.717) is 31.1 Å². The maximum absolute atomic E-state index is 12.7. The quantitative estimate of drug-likeness (QED) is 0.927. The Balaban J connectivity index is 1.85. The minimum atomic E-state index is -0.472. The molecule has 1 aliphatic heterocycles. The lowest BCUT2D eigenvalue weighted by molar-refractivity contribution is -0.124. The highest BCUT2D eigenvalue weighted by Gasteiger charge is 2.32. The van der Waals surface area contributed by atoms with Crippen molar-refractivity contribution < 1.29 is 14.0 Å². The number of amides is 2. The maximum Gasteiger partial charge on any atom is 0.276 e. The van der Waals surface area contributed by atoms with E-state index in [1.165, 1.54) is 6.26 Å². The van der Waals surface area contributed by atoms with Crippen molar-refractivity contribution in [2.75, 3.05) is 13.1 Å². The summed E-state index contributed by atoms with van der Waals surface area (Å²) in [7, 11) is 0. The Kier molecular flexibility index (Phi) is 4.36. The van der Waals surface area contributed by atoms with Crippen LogP contribution >= 0.6 is 0 Å². The first-order valence-electron chi connectivity index (χ1n) is 7.66. The van der Waals surface area contributed by atoms with Crippen molar-refractivity contribution in [2.24, 2.45) is 0 Å². The summed E-state index contributed by atoms with van der Waals surface area (Å²) in [5.74, 6) is -0.118. The first kappa shape index (κ1) is 15.2. The molecule has 23 heavy (non-hydrogen) atoms. The van der Waals surface area contributed by atoms with Gasteiger partial charge in [-0.15, -0.1) is 0 Å². The van der Waals surface area contributed by atoms with E-state index in [4.69, 9.17) is 4.42 Å². The first-order chi connectivity index (χ1) is 11.2. The van der Waals surface area contributed by atoms with Gasteiger partial charge in [-0.1, -0.05) is 13.0 Å². The van der Waals surface area contributed by atoms with Crippen LogP contribution in [0.5, 0.6) is 0 Å². The summed E-state index contributed by atoms with van der Waals surface area (Å²) in [4.78, 5) is 34.7. The molecular formula is C16H18N4O3. The van der Waals surface area contributed by atoms with Crippen molar-refractivity contribution >= 4 is 11.8 Å². The van der Waals surface area contributed by atoms with Gasteiger partial charge in [-0.3, -0.25) is 14.6 Å². The predicted molar refractivity (Wildman–Crippen MR) is 82.5 cm³/mol. The van der Waals surface area contributed by atoms with Crippen LogP contribution in [0.3, 0.4) is 0 Å². The number of hydrogen-bond acceptors (Lipinski definition) is 5. The standard InChI is InChI=1S/C16H18N4O3/c1-2-13-14(21)18-8-5-9-20(13)16(22)12-10-23-15(19-12)11-6-3-4-7-17-11/h3-4,6-7,10,13H,2,5,8-9H2,1H3,(H,18,21)/t13-/m0/s1. The Bertz CT molecular complexity index is 698. The zero-order valence-electron chi connectivity index (χ0n) is 12.9. The van der Waals surface area contributed by atoms with E-state index in [-0.39, 0.29) is 17.5 Å². The summed E-state index contributed by atoms with van der Waals surface area (Å²) in [6.45, 7) is 2.98. The molecule has 0 aromatic carbocycles. The molecular weight excluding hydrogens is 296 g/mol. The molecule has 2 aromatic heterocycles. The molecule has 1 saturated heterocycles. The van der Waals surface area contributed by atoms with Crippen molar-refractivity contribution in [3.8, 4) is 11.6 Å². The van der Waals surface area contributed by atoms with Gasteiger partial charge in [0.15, 0.2) is 5.69 Å². The Hall–Kier alpha value is -2.70. The minimum Gasteiger partial charge on any atom is -0.442 e. The van der Waals surface area contributed by atoms with E-state index in [0.717, 1.165) is 6.42 Å². The molecule has 2 amide bonds. The summed E-state index contributed by atoms with van der Waals surface area (Å²) in [5, 5.41) is 2.83. The predicted octanol–water partition coefficient (Wildman–Crippen LogP) is 1.48. The molecule has 7 heteroatoms. The molecule has 120 valence electrons. The zero-order valence-corrected chi connectivity index (χ0v) is 12.9. The van der Waals surface area contributed by atoms with Crippen LogP contribution in [0.4, 0.5) is 0 Å². The second kappa shape index (κ2) is 6.60. The fourth-order valence-electron chi connectivity index (χ4n) is 2.65. The Morgan fingerprint density at radius 1 is 1.48 bits per heavy atom. The number of oxazole rings is 1. The molecule has 0 unspecified atom stereocenters. The topological polar surface area (TPSA) is 88.3 Å². The van der Waals surface area contributed by atoms with Crippen molar-refractivity contribution in [1.82, 2.24) is 20.2 Å². The van der Waals surface area contributed by atoms with E-state index < -0.39 is 6.04 Å². The molecule has 1 fully saturated rings. The molecule has 3 rings (SSSR count). The lowest BCUT2D eigenvalue weighted by Crippen LogP contribution is -2.46. The summed E-state index contributed by atoms with van der Waals surface area (Å²) in [5.41, 5.74) is 0.756. The van der Waals surface area contributed by atoms with Crippen molar-refractivity contribution in [2.45, 2.75) is 25.8 Å². The number of carbonyl (C=O) groups is 2. The number of aromatic nitrogens is 2. The van der Waals surface area contributed by atoms with Gasteiger partial charge in [-0.2, -0.15) is 0 Å². The number of carbonyl (C=O) groups excluding carboxylic acids is 2. The zero-order chi connectivity index (χ0) is 16.2. The molecule has 3 heterocycles. The van der Waals surface area contributed by atoms with Crippen molar-refractivity contribution in [3.63, 3.8) is 0 Å². The lowest BCUT2D eigenvalue weighted by atomic mass is 10.1. The van der Waals surface area contributed by atoms with Gasteiger partial charge in [0, 0.05) is 19.3 Å². The highest BCUT2D eigenvalue weighted by Crippen LogP contribution is 2.18. The van der Waals surface area contributed by atoms with E-state index in [1.54, 1.807) is 23.2 Å². The number of hydrogen-bond donors (Lipinski definition) is 1. The van der Waals surface area contributed by atoms with E-state index in [9.17, 15) is 9.59 Å². The van der Waals surface area contributed by atoms with Gasteiger partial charge in [0.05, 0.1) is 0 Å². The van der Waals surface area contributed by atoms with Crippen molar-refractivity contribution in [3.05, 3.63) is 36.4 Å². The molecule has 0 saturated carbocycles. The van der Waals surface area contributed by atoms with Crippen LogP contribution in [-0.4, -0.2) is 45.8 Å². The summed E-state index contributed by atoms with van der Waals surface area (Å²) in [6.07, 6.45) is 4.23. The number of nitrogens with one attached hydrogen (secondary N) is 1. The number of rotatable bonds is 3. The van der Waals surface area contributed by atoms with Crippen LogP contribution in [0.15, 0.2) is 35.1 Å². The summed E-state index contributed by atoms with van der Waals surface area (Å²) >= 11 is 0. The van der Waals surface area contributed by atoms with E-state index in [1.807, 2.05) is 13.0 Å². The largest absolute Gasteiger partial charge is 0.442 e. The second-order valence-electron chi connectivity index (χ2n) is 5.32. The van der Waals surface area contributed by atoms with Crippen LogP contribution < -0.4 is 5.32 Å². The van der Waals surface area contributed by atoms with Gasteiger partial charge in [0.1, 0.15) is 18.0 Å². The van der Waals surface area contributed by atoms with E-state index in [2.05, 4.69) is 15.3 Å². The first-order valence-corrected chi connectivity index (χ1v) is 7.66. The second-order valence-corrected chi connectivity index (χ2v) is 5.32. The Morgan fingerprint density at radius 2 is 2.35 bits per heavy atom. The fraction of sp³-hybridized carbons (Fsp3) is 0.375. The smallest absolute Gasteiger partial charge is 0.276 e. The SMILES string of the molecule is CC[C@H]1C(=O)NCCCN1C(=O)c1coc(-c2ccccn2)n1. The third kappa shape index (κ3) is 3.08. The maximum atomic E-state index is 12.7. The third-order valence-corrected chi connectivity index (χ3v) is 3.81. The number of pyridine rings is 1. The van der Waals surface area contributed by atoms with Gasteiger partial charge in [-0.05, 0) is 25.0 Å². The average molecular weight is 314 g/mol. The van der Waals surface area contributed by atoms with Gasteiger partial charge in [-0.25, -0.2) is 4.98 Å². The van der Waals surface area contributed by atoms with Crippen LogP contribution in [0.1, 0.15) is 30.3 Å². The van der Waals surface area contributed by atoms with Crippen molar-refractivity contribution in [1.29, 1.82) is 0 Å². The molecule has 1 N–H and O–H groups in total. The van der Waals surface area contributed by atoms with E-state index >= 15 is 0 Å². The van der Waals surface area contributed by atoms with Crippen LogP contribution in [0.2, 0.25) is 0 Å². The van der Waals surface area contributed by atoms with Gasteiger partial charge in [0.2, 0.25) is 11.8 Å². The minimum absolute atomic E-state index is 0.119. The highest BCUT2D eigenvalue weighted by atomic mass is 16.3. The molecule has 1 aliphatic rings. The molecule has 0 spiro atoms. The lowest BCUT2D eigenvalue weighted by Gasteiger charge is -2.26. The Morgan fingerprint density at radius 3 is 3.09 bits per heavy atom. The Labute approximate surface area is 133 Å². The summed E-state index contributed by atoms with van der Waals surface area (Å²) in [6, 6.07) is 4.90. The van der Waals surface area contributed by atoms with Crippen LogP contribution in [-0.2, 0) is 4.79 Å². The molecule has 0 aliphatic carbocycles. The monoisotopic (exact) mass is 314 g/mol. The molecule has 1 atom stereocenters. The normalized spacial score (nSPS) is 18.4. The molecule has 2 aromatic rings. The number of nitrogens with zero attached hydrogens (tertiary/aromatic N) is 3. The molecule has 0 radical (unpaired) electrons. The summed E-state index contributed by atoms with van der Waals surface area (Å²) < 4.78 is 5.37. The average Bonchev–Trinajstić information content (AvgIpc) is 3.00. The van der Waals surface area contributed by atoms with Gasteiger partial charge < -0.3 is 14.6 Å². The van der Waals surface area contributed by atoms with Gasteiger partial charge in [0.25, 0.3) is 5.91 Å².